The smallest absolute Gasteiger partial charge is 0.196 e. The van der Waals surface area contributed by atoms with Crippen molar-refractivity contribution >= 4 is 17.3 Å². The van der Waals surface area contributed by atoms with Gasteiger partial charge in [-0.3, -0.25) is 0 Å². The summed E-state index contributed by atoms with van der Waals surface area (Å²) in [5.74, 6) is 0.730. The molecule has 2 rings (SSSR count). The zero-order valence-electron chi connectivity index (χ0n) is 9.18. The number of phenolic OH excluding ortho intramolecular Hbond substituents is 1. The molecule has 0 bridgehead atoms. The average molecular weight is 262 g/mol. The molecule has 1 aliphatic carbocycles. The van der Waals surface area contributed by atoms with Crippen LogP contribution in [0.2, 0.25) is 5.02 Å². The highest BCUT2D eigenvalue weighted by molar-refractivity contribution is 6.32. The van der Waals surface area contributed by atoms with Crippen LogP contribution in [0.3, 0.4) is 0 Å². The number of aromatic hydroxyl groups is 1. The van der Waals surface area contributed by atoms with Gasteiger partial charge in [-0.2, -0.15) is 0 Å². The van der Waals surface area contributed by atoms with Crippen LogP contribution in [0.4, 0.5) is 5.69 Å². The van der Waals surface area contributed by atoms with E-state index in [-0.39, 0.29) is 18.2 Å². The zero-order valence-corrected chi connectivity index (χ0v) is 10.7. The number of hydrogen-bond acceptors (Lipinski definition) is 1. The summed E-state index contributed by atoms with van der Waals surface area (Å²) in [6, 6.07) is 3.86. The molecule has 0 heterocycles. The summed E-state index contributed by atoms with van der Waals surface area (Å²) >= 11 is 5.95. The Morgan fingerprint density at radius 2 is 1.81 bits per heavy atom. The summed E-state index contributed by atoms with van der Waals surface area (Å²) in [6.45, 7) is 0. The van der Waals surface area contributed by atoms with Crippen LogP contribution >= 0.6 is 11.6 Å². The van der Waals surface area contributed by atoms with E-state index in [0.717, 1.165) is 0 Å². The molecule has 0 saturated heterocycles. The first kappa shape index (κ1) is 13.6. The van der Waals surface area contributed by atoms with Crippen molar-refractivity contribution < 1.29 is 23.2 Å². The highest BCUT2D eigenvalue weighted by Crippen LogP contribution is 2.38. The number of benzene rings is 1. The molecule has 16 heavy (non-hydrogen) atoms. The molecular formula is C12H17Cl2NO. The van der Waals surface area contributed by atoms with E-state index in [1.54, 1.807) is 0 Å². The summed E-state index contributed by atoms with van der Waals surface area (Å²) < 4.78 is 0. The van der Waals surface area contributed by atoms with E-state index in [0.29, 0.717) is 16.6 Å². The summed E-state index contributed by atoms with van der Waals surface area (Å²) in [5.41, 5.74) is 5.68. The number of hydrogen-bond donors (Lipinski definition) is 2. The Morgan fingerprint density at radius 1 is 1.19 bits per heavy atom. The SMILES string of the molecule is [Cl-].[NH3+]c1cc(C2CCCCC2)cc(Cl)c1O. The van der Waals surface area contributed by atoms with Crippen molar-refractivity contribution in [1.82, 2.24) is 0 Å². The van der Waals surface area contributed by atoms with Gasteiger partial charge >= 0.3 is 0 Å². The maximum atomic E-state index is 9.53. The number of quaternary nitrogens is 1. The third-order valence-corrected chi connectivity index (χ3v) is 3.53. The standard InChI is InChI=1S/C12H16ClNO.ClH/c13-10-6-9(7-11(14)12(10)15)8-4-2-1-3-5-8;/h6-8,15H,1-5,14H2;1H. The van der Waals surface area contributed by atoms with Crippen LogP contribution in [-0.4, -0.2) is 5.11 Å². The molecule has 1 aromatic carbocycles. The first-order chi connectivity index (χ1) is 7.18. The molecule has 1 aliphatic rings. The van der Waals surface area contributed by atoms with Gasteiger partial charge in [0.05, 0.1) is 5.02 Å². The molecule has 4 N–H and O–H groups in total. The van der Waals surface area contributed by atoms with Gasteiger partial charge in [-0.15, -0.1) is 0 Å². The Morgan fingerprint density at radius 3 is 2.38 bits per heavy atom. The van der Waals surface area contributed by atoms with E-state index >= 15 is 0 Å². The molecule has 0 aliphatic heterocycles. The van der Waals surface area contributed by atoms with Crippen molar-refractivity contribution in [1.29, 1.82) is 0 Å². The minimum atomic E-state index is 0. The van der Waals surface area contributed by atoms with Crippen LogP contribution in [0.1, 0.15) is 43.6 Å². The summed E-state index contributed by atoms with van der Waals surface area (Å²) in [7, 11) is 0. The molecule has 0 atom stereocenters. The van der Waals surface area contributed by atoms with Crippen molar-refractivity contribution in [3.05, 3.63) is 22.7 Å². The Hall–Kier alpha value is -0.440. The first-order valence-corrected chi connectivity index (χ1v) is 5.90. The van der Waals surface area contributed by atoms with E-state index in [2.05, 4.69) is 5.73 Å². The second-order valence-corrected chi connectivity index (χ2v) is 4.75. The third kappa shape index (κ3) is 2.82. The number of halogens is 2. The molecule has 0 unspecified atom stereocenters. The quantitative estimate of drug-likeness (QED) is 0.733. The normalized spacial score (nSPS) is 16.9. The van der Waals surface area contributed by atoms with Crippen molar-refractivity contribution in [3.8, 4) is 5.75 Å². The molecule has 2 nitrogen and oxygen atoms in total. The fourth-order valence-electron chi connectivity index (χ4n) is 2.35. The topological polar surface area (TPSA) is 47.9 Å². The minimum absolute atomic E-state index is 0. The lowest BCUT2D eigenvalue weighted by Gasteiger charge is -2.22. The van der Waals surface area contributed by atoms with E-state index in [1.165, 1.54) is 37.7 Å². The van der Waals surface area contributed by atoms with E-state index in [4.69, 9.17) is 11.6 Å². The highest BCUT2D eigenvalue weighted by Gasteiger charge is 2.18. The molecule has 90 valence electrons. The van der Waals surface area contributed by atoms with Gasteiger partial charge in [-0.25, -0.2) is 0 Å². The minimum Gasteiger partial charge on any atom is -1.00 e. The van der Waals surface area contributed by atoms with Crippen LogP contribution < -0.4 is 18.1 Å². The average Bonchev–Trinajstić information content (AvgIpc) is 2.26. The molecular weight excluding hydrogens is 245 g/mol. The Balaban J connectivity index is 0.00000128. The van der Waals surface area contributed by atoms with Gasteiger partial charge in [0, 0.05) is 6.07 Å². The van der Waals surface area contributed by atoms with Crippen molar-refractivity contribution in [2.45, 2.75) is 38.0 Å². The molecule has 1 aromatic rings. The van der Waals surface area contributed by atoms with Gasteiger partial charge in [0.25, 0.3) is 0 Å². The number of rotatable bonds is 1. The molecule has 0 radical (unpaired) electrons. The first-order valence-electron chi connectivity index (χ1n) is 5.53. The predicted molar refractivity (Wildman–Crippen MR) is 61.5 cm³/mol. The van der Waals surface area contributed by atoms with Crippen LogP contribution in [0.15, 0.2) is 12.1 Å². The molecule has 0 spiro atoms. The van der Waals surface area contributed by atoms with Crippen molar-refractivity contribution in [2.24, 2.45) is 0 Å². The summed E-state index contributed by atoms with van der Waals surface area (Å²) in [6.07, 6.45) is 6.42. The lowest BCUT2D eigenvalue weighted by Crippen LogP contribution is -3.00. The predicted octanol–water partition coefficient (Wildman–Crippen LogP) is -0.0293. The summed E-state index contributed by atoms with van der Waals surface area (Å²) in [4.78, 5) is 0. The van der Waals surface area contributed by atoms with Crippen molar-refractivity contribution in [3.63, 3.8) is 0 Å². The fraction of sp³-hybridized carbons (Fsp3) is 0.500. The molecule has 0 amide bonds. The van der Waals surface area contributed by atoms with Gasteiger partial charge in [0.2, 0.25) is 0 Å². The van der Waals surface area contributed by atoms with Crippen molar-refractivity contribution in [2.75, 3.05) is 0 Å². The second-order valence-electron chi connectivity index (χ2n) is 4.35. The monoisotopic (exact) mass is 261 g/mol. The largest absolute Gasteiger partial charge is 1.00 e. The zero-order chi connectivity index (χ0) is 10.8. The van der Waals surface area contributed by atoms with E-state index < -0.39 is 0 Å². The lowest BCUT2D eigenvalue weighted by atomic mass is 9.84. The number of phenols is 1. The second kappa shape index (κ2) is 5.76. The van der Waals surface area contributed by atoms with Crippen LogP contribution in [0.5, 0.6) is 5.75 Å². The van der Waals surface area contributed by atoms with E-state index in [9.17, 15) is 5.11 Å². The van der Waals surface area contributed by atoms with Crippen LogP contribution in [0, 0.1) is 0 Å². The lowest BCUT2D eigenvalue weighted by molar-refractivity contribution is -0.256. The summed E-state index contributed by atoms with van der Waals surface area (Å²) in [5, 5.41) is 9.97. The molecule has 0 aromatic heterocycles. The van der Waals surface area contributed by atoms with Gasteiger partial charge < -0.3 is 23.2 Å². The fourth-order valence-corrected chi connectivity index (χ4v) is 2.60. The molecule has 1 fully saturated rings. The molecule has 1 saturated carbocycles. The van der Waals surface area contributed by atoms with Crippen LogP contribution in [-0.2, 0) is 0 Å². The Kier molecular flexibility index (Phi) is 4.90. The maximum absolute atomic E-state index is 9.53. The Labute approximate surface area is 107 Å². The molecule has 4 heteroatoms. The van der Waals surface area contributed by atoms with Gasteiger partial charge in [0.1, 0.15) is 0 Å². The van der Waals surface area contributed by atoms with Gasteiger partial charge in [0.15, 0.2) is 11.4 Å². The van der Waals surface area contributed by atoms with Gasteiger partial charge in [-0.05, 0) is 30.4 Å². The van der Waals surface area contributed by atoms with E-state index in [1.807, 2.05) is 12.1 Å². The van der Waals surface area contributed by atoms with Gasteiger partial charge in [-0.1, -0.05) is 30.9 Å². The maximum Gasteiger partial charge on any atom is 0.196 e. The van der Waals surface area contributed by atoms with Crippen LogP contribution in [0.25, 0.3) is 0 Å². The third-order valence-electron chi connectivity index (χ3n) is 3.24. The highest BCUT2D eigenvalue weighted by atomic mass is 35.5. The Bertz CT molecular complexity index is 339.